The van der Waals surface area contributed by atoms with Crippen molar-refractivity contribution in [2.24, 2.45) is 0 Å². The van der Waals surface area contributed by atoms with Gasteiger partial charge in [-0.1, -0.05) is 67.1 Å². The molecule has 2 aromatic rings. The van der Waals surface area contributed by atoms with Crippen LogP contribution in [0.2, 0.25) is 0 Å². The molecule has 3 atom stereocenters. The molecule has 0 saturated carbocycles. The van der Waals surface area contributed by atoms with Crippen molar-refractivity contribution in [1.82, 2.24) is 4.90 Å². The predicted molar refractivity (Wildman–Crippen MR) is 104 cm³/mol. The quantitative estimate of drug-likeness (QED) is 0.843. The summed E-state index contributed by atoms with van der Waals surface area (Å²) >= 11 is 0. The second-order valence-electron chi connectivity index (χ2n) is 7.85. The van der Waals surface area contributed by atoms with E-state index in [1.807, 2.05) is 36.4 Å². The molecule has 2 bridgehead atoms. The molecule has 0 spiro atoms. The zero-order valence-corrected chi connectivity index (χ0v) is 15.8. The molecular weight excluding hydrogens is 338 g/mol. The number of carbonyl (C=O) groups excluding carboxylic acids is 1. The summed E-state index contributed by atoms with van der Waals surface area (Å²) in [5.41, 5.74) is -0.718. The van der Waals surface area contributed by atoms with Crippen LogP contribution < -0.4 is 0 Å². The van der Waals surface area contributed by atoms with Crippen molar-refractivity contribution in [3.63, 3.8) is 0 Å². The summed E-state index contributed by atoms with van der Waals surface area (Å²) in [7, 11) is 2.18. The minimum Gasteiger partial charge on any atom is -0.460 e. The third-order valence-corrected chi connectivity index (χ3v) is 6.25. The Hall–Kier alpha value is -2.17. The summed E-state index contributed by atoms with van der Waals surface area (Å²) in [5, 5.41) is 11.5. The Kier molecular flexibility index (Phi) is 5.02. The Morgan fingerprint density at radius 3 is 1.93 bits per heavy atom. The number of esters is 1. The van der Waals surface area contributed by atoms with E-state index in [2.05, 4.69) is 11.9 Å². The van der Waals surface area contributed by atoms with Crippen LogP contribution in [0.5, 0.6) is 0 Å². The predicted octanol–water partition coefficient (Wildman–Crippen LogP) is 3.48. The maximum absolute atomic E-state index is 13.2. The number of hydrogen-bond donors (Lipinski definition) is 1. The van der Waals surface area contributed by atoms with Crippen LogP contribution in [-0.2, 0) is 15.1 Å². The van der Waals surface area contributed by atoms with Crippen LogP contribution in [0.15, 0.2) is 60.7 Å². The largest absolute Gasteiger partial charge is 0.460 e. The minimum absolute atomic E-state index is 0.136. The van der Waals surface area contributed by atoms with Gasteiger partial charge in [0.05, 0.1) is 0 Å². The van der Waals surface area contributed by atoms with E-state index in [4.69, 9.17) is 4.74 Å². The van der Waals surface area contributed by atoms with Gasteiger partial charge >= 0.3 is 5.97 Å². The zero-order valence-electron chi connectivity index (χ0n) is 15.8. The van der Waals surface area contributed by atoms with Crippen molar-refractivity contribution in [1.29, 1.82) is 0 Å². The molecule has 142 valence electrons. The molecule has 4 rings (SSSR count). The minimum atomic E-state index is -1.79. The summed E-state index contributed by atoms with van der Waals surface area (Å²) in [6, 6.07) is 19.1. The number of aliphatic hydroxyl groups is 1. The molecule has 1 unspecified atom stereocenters. The lowest BCUT2D eigenvalue weighted by atomic mass is 9.83. The summed E-state index contributed by atoms with van der Waals surface area (Å²) in [6.07, 6.45) is 5.11. The Bertz CT molecular complexity index is 723. The van der Waals surface area contributed by atoms with Crippen LogP contribution in [0.4, 0.5) is 0 Å². The lowest BCUT2D eigenvalue weighted by Crippen LogP contribution is -2.53. The van der Waals surface area contributed by atoms with Crippen molar-refractivity contribution in [3.05, 3.63) is 71.8 Å². The number of benzene rings is 2. The van der Waals surface area contributed by atoms with Crippen LogP contribution in [0.1, 0.15) is 43.2 Å². The van der Waals surface area contributed by atoms with E-state index in [9.17, 15) is 9.90 Å². The van der Waals surface area contributed by atoms with Crippen LogP contribution >= 0.6 is 0 Å². The monoisotopic (exact) mass is 365 g/mol. The number of fused-ring (bicyclic) bond motifs is 2. The first-order chi connectivity index (χ1) is 13.1. The van der Waals surface area contributed by atoms with Gasteiger partial charge in [0, 0.05) is 12.1 Å². The van der Waals surface area contributed by atoms with Gasteiger partial charge in [-0.15, -0.1) is 0 Å². The molecule has 0 amide bonds. The van der Waals surface area contributed by atoms with Crippen molar-refractivity contribution < 1.29 is 14.6 Å². The molecule has 4 nitrogen and oxygen atoms in total. The SMILES string of the molecule is CN1[C@@H]2CCC[C@H]1CC(OC(=O)C(O)(c1ccccc1)c1ccccc1)C2. The Balaban J connectivity index is 1.60. The smallest absolute Gasteiger partial charge is 0.347 e. The first-order valence-electron chi connectivity index (χ1n) is 9.85. The van der Waals surface area contributed by atoms with Crippen LogP contribution in [0, 0.1) is 0 Å². The van der Waals surface area contributed by atoms with Crippen LogP contribution in [0.25, 0.3) is 0 Å². The van der Waals surface area contributed by atoms with Crippen molar-refractivity contribution in [3.8, 4) is 0 Å². The average molecular weight is 365 g/mol. The average Bonchev–Trinajstić information content (AvgIpc) is 2.69. The van der Waals surface area contributed by atoms with Crippen LogP contribution in [0.3, 0.4) is 0 Å². The molecule has 0 aromatic heterocycles. The molecule has 2 aliphatic rings. The second kappa shape index (κ2) is 7.45. The molecule has 1 N–H and O–H groups in total. The fraction of sp³-hybridized carbons (Fsp3) is 0.435. The van der Waals surface area contributed by atoms with Gasteiger partial charge in [-0.2, -0.15) is 0 Å². The molecule has 2 aliphatic heterocycles. The normalized spacial score (nSPS) is 25.8. The second-order valence-corrected chi connectivity index (χ2v) is 7.85. The van der Waals surface area contributed by atoms with Gasteiger partial charge in [0.1, 0.15) is 6.10 Å². The van der Waals surface area contributed by atoms with Gasteiger partial charge in [-0.05, 0) is 43.9 Å². The van der Waals surface area contributed by atoms with E-state index < -0.39 is 11.6 Å². The number of hydrogen-bond acceptors (Lipinski definition) is 4. The molecule has 0 radical (unpaired) electrons. The van der Waals surface area contributed by atoms with Gasteiger partial charge in [-0.25, -0.2) is 4.79 Å². The molecule has 27 heavy (non-hydrogen) atoms. The van der Waals surface area contributed by atoms with E-state index in [1.165, 1.54) is 6.42 Å². The lowest BCUT2D eigenvalue weighted by molar-refractivity contribution is -0.173. The maximum Gasteiger partial charge on any atom is 0.347 e. The lowest BCUT2D eigenvalue weighted by Gasteiger charge is -2.47. The maximum atomic E-state index is 13.2. The number of rotatable bonds is 4. The van der Waals surface area contributed by atoms with Gasteiger partial charge in [0.2, 0.25) is 5.60 Å². The number of ether oxygens (including phenoxy) is 1. The first kappa shape index (κ1) is 18.2. The highest BCUT2D eigenvalue weighted by atomic mass is 16.6. The van der Waals surface area contributed by atoms with Gasteiger partial charge in [0.15, 0.2) is 0 Å². The molecule has 4 heteroatoms. The Morgan fingerprint density at radius 2 is 1.44 bits per heavy atom. The molecule has 2 heterocycles. The summed E-state index contributed by atoms with van der Waals surface area (Å²) in [4.78, 5) is 15.7. The van der Waals surface area contributed by atoms with Crippen LogP contribution in [-0.4, -0.2) is 41.2 Å². The van der Waals surface area contributed by atoms with E-state index in [-0.39, 0.29) is 6.10 Å². The zero-order chi connectivity index (χ0) is 18.9. The third-order valence-electron chi connectivity index (χ3n) is 6.25. The summed E-state index contributed by atoms with van der Waals surface area (Å²) in [6.45, 7) is 0. The molecular formula is C23H27NO3. The number of nitrogens with zero attached hydrogens (tertiary/aromatic N) is 1. The number of carbonyl (C=O) groups is 1. The Labute approximate surface area is 160 Å². The molecule has 2 fully saturated rings. The van der Waals surface area contributed by atoms with Gasteiger partial charge in [0.25, 0.3) is 0 Å². The number of piperidine rings is 2. The van der Waals surface area contributed by atoms with Crippen molar-refractivity contribution in [2.75, 3.05) is 7.05 Å². The van der Waals surface area contributed by atoms with E-state index >= 15 is 0 Å². The molecule has 2 aromatic carbocycles. The summed E-state index contributed by atoms with van der Waals surface area (Å²) < 4.78 is 5.93. The highest BCUT2D eigenvalue weighted by molar-refractivity contribution is 5.85. The highest BCUT2D eigenvalue weighted by Crippen LogP contribution is 2.36. The topological polar surface area (TPSA) is 49.8 Å². The van der Waals surface area contributed by atoms with Gasteiger partial charge < -0.3 is 14.7 Å². The summed E-state index contributed by atoms with van der Waals surface area (Å²) in [5.74, 6) is -0.576. The van der Waals surface area contributed by atoms with E-state index in [0.717, 1.165) is 25.7 Å². The van der Waals surface area contributed by atoms with Crippen molar-refractivity contribution in [2.45, 2.75) is 55.9 Å². The highest BCUT2D eigenvalue weighted by Gasteiger charge is 2.44. The van der Waals surface area contributed by atoms with E-state index in [0.29, 0.717) is 23.2 Å². The van der Waals surface area contributed by atoms with Crippen molar-refractivity contribution >= 4 is 5.97 Å². The molecule has 2 saturated heterocycles. The first-order valence-corrected chi connectivity index (χ1v) is 9.85. The third kappa shape index (κ3) is 3.40. The fourth-order valence-electron chi connectivity index (χ4n) is 4.66. The van der Waals surface area contributed by atoms with Gasteiger partial charge in [-0.3, -0.25) is 0 Å². The Morgan fingerprint density at radius 1 is 0.963 bits per heavy atom. The standard InChI is InChI=1S/C23H27NO3/c1-24-19-13-8-14-20(24)16-21(15-19)27-22(25)23(26,17-9-4-2-5-10-17)18-11-6-3-7-12-18/h2-7,9-12,19-21,26H,8,13-16H2,1H3/t19-,20+,21?. The fourth-order valence-corrected chi connectivity index (χ4v) is 4.66. The van der Waals surface area contributed by atoms with E-state index in [1.54, 1.807) is 24.3 Å². The molecule has 0 aliphatic carbocycles.